The Kier molecular flexibility index (Phi) is 6.29. The summed E-state index contributed by atoms with van der Waals surface area (Å²) in [6.07, 6.45) is 2.36. The Morgan fingerprint density at radius 2 is 2.00 bits per heavy atom. The highest BCUT2D eigenvalue weighted by molar-refractivity contribution is 7.09. The zero-order chi connectivity index (χ0) is 21.1. The first-order valence-corrected chi connectivity index (χ1v) is 11.3. The van der Waals surface area contributed by atoms with E-state index >= 15 is 0 Å². The van der Waals surface area contributed by atoms with E-state index in [0.717, 1.165) is 40.4 Å². The fourth-order valence-corrected chi connectivity index (χ4v) is 4.52. The predicted octanol–water partition coefficient (Wildman–Crippen LogP) is 4.20. The van der Waals surface area contributed by atoms with Crippen LogP contribution < -0.4 is 4.90 Å². The van der Waals surface area contributed by atoms with Gasteiger partial charge in [0.05, 0.1) is 17.1 Å². The first-order valence-electron chi connectivity index (χ1n) is 10.4. The molecule has 6 nitrogen and oxygen atoms in total. The molecule has 1 amide bonds. The highest BCUT2D eigenvalue weighted by atomic mass is 32.1. The number of carbonyl (C=O) groups excluding carboxylic acids is 1. The van der Waals surface area contributed by atoms with Crippen molar-refractivity contribution < 1.29 is 9.53 Å². The molecule has 0 bridgehead atoms. The van der Waals surface area contributed by atoms with Crippen molar-refractivity contribution in [3.8, 4) is 0 Å². The number of pyridine rings is 1. The number of aryl methyl sites for hydroxylation is 2. The molecule has 0 radical (unpaired) electrons. The number of hydrogen-bond acceptors (Lipinski definition) is 6. The predicted molar refractivity (Wildman–Crippen MR) is 121 cm³/mol. The van der Waals surface area contributed by atoms with Crippen LogP contribution in [-0.4, -0.2) is 54.1 Å². The Bertz CT molecular complexity index is 1040. The second-order valence-electron chi connectivity index (χ2n) is 7.83. The average Bonchev–Trinajstić information content (AvgIpc) is 3.42. The van der Waals surface area contributed by atoms with Gasteiger partial charge < -0.3 is 14.5 Å². The van der Waals surface area contributed by atoms with E-state index < -0.39 is 0 Å². The molecule has 4 rings (SSSR count). The minimum absolute atomic E-state index is 0.0619. The van der Waals surface area contributed by atoms with E-state index in [1.165, 1.54) is 29.7 Å². The van der Waals surface area contributed by atoms with Crippen molar-refractivity contribution in [2.45, 2.75) is 33.2 Å². The molecule has 1 aliphatic rings. The molecule has 3 heterocycles. The number of rotatable bonds is 7. The van der Waals surface area contributed by atoms with Crippen molar-refractivity contribution >= 4 is 34.0 Å². The van der Waals surface area contributed by atoms with Crippen molar-refractivity contribution in [3.63, 3.8) is 0 Å². The molecule has 1 aromatic carbocycles. The van der Waals surface area contributed by atoms with Gasteiger partial charge in [-0.3, -0.25) is 4.79 Å². The van der Waals surface area contributed by atoms with E-state index in [0.29, 0.717) is 25.4 Å². The summed E-state index contributed by atoms with van der Waals surface area (Å²) in [5, 5.41) is 3.84. The van der Waals surface area contributed by atoms with E-state index in [2.05, 4.69) is 41.1 Å². The summed E-state index contributed by atoms with van der Waals surface area (Å²) in [5.74, 6) is 0.932. The number of ether oxygens (including phenoxy) is 1. The number of hydrogen-bond donors (Lipinski definition) is 0. The van der Waals surface area contributed by atoms with Gasteiger partial charge in [0.2, 0.25) is 0 Å². The second-order valence-corrected chi connectivity index (χ2v) is 8.89. The third kappa shape index (κ3) is 4.47. The molecule has 0 saturated carbocycles. The van der Waals surface area contributed by atoms with Crippen LogP contribution in [0, 0.1) is 13.8 Å². The van der Waals surface area contributed by atoms with E-state index in [-0.39, 0.29) is 5.91 Å². The Balaban J connectivity index is 1.72. The van der Waals surface area contributed by atoms with Crippen molar-refractivity contribution in [2.75, 3.05) is 38.3 Å². The molecule has 0 spiro atoms. The van der Waals surface area contributed by atoms with Gasteiger partial charge in [0.15, 0.2) is 0 Å². The van der Waals surface area contributed by atoms with Gasteiger partial charge >= 0.3 is 0 Å². The number of carbonyl (C=O) groups is 1. The van der Waals surface area contributed by atoms with Gasteiger partial charge in [0, 0.05) is 49.6 Å². The first kappa shape index (κ1) is 20.8. The molecule has 7 heteroatoms. The smallest absolute Gasteiger partial charge is 0.273 e. The Hall–Kier alpha value is -2.51. The SMILES string of the molecule is COCCN(Cc1cc2cc(C)ccc2nc1N1CCCC1)C(=O)c1csc(C)n1. The monoisotopic (exact) mass is 424 g/mol. The van der Waals surface area contributed by atoms with Crippen molar-refractivity contribution in [1.29, 1.82) is 0 Å². The highest BCUT2D eigenvalue weighted by Gasteiger charge is 2.23. The van der Waals surface area contributed by atoms with Crippen LogP contribution in [0.1, 0.15) is 39.5 Å². The average molecular weight is 425 g/mol. The minimum Gasteiger partial charge on any atom is -0.383 e. The number of benzene rings is 1. The maximum atomic E-state index is 13.2. The second kappa shape index (κ2) is 9.10. The maximum absolute atomic E-state index is 13.2. The van der Waals surface area contributed by atoms with Gasteiger partial charge in [-0.15, -0.1) is 11.3 Å². The number of methoxy groups -OCH3 is 1. The summed E-state index contributed by atoms with van der Waals surface area (Å²) < 4.78 is 5.28. The van der Waals surface area contributed by atoms with Crippen molar-refractivity contribution in [1.82, 2.24) is 14.9 Å². The van der Waals surface area contributed by atoms with Crippen LogP contribution in [0.3, 0.4) is 0 Å². The number of amides is 1. The van der Waals surface area contributed by atoms with Crippen LogP contribution in [0.2, 0.25) is 0 Å². The van der Waals surface area contributed by atoms with Crippen molar-refractivity contribution in [3.05, 3.63) is 51.5 Å². The van der Waals surface area contributed by atoms with E-state index in [4.69, 9.17) is 9.72 Å². The fourth-order valence-electron chi connectivity index (χ4n) is 3.93. The van der Waals surface area contributed by atoms with Gasteiger partial charge in [0.25, 0.3) is 5.91 Å². The Morgan fingerprint density at radius 1 is 1.20 bits per heavy atom. The molecule has 0 N–H and O–H groups in total. The molecule has 30 heavy (non-hydrogen) atoms. The molecule has 0 atom stereocenters. The van der Waals surface area contributed by atoms with Gasteiger partial charge in [-0.2, -0.15) is 0 Å². The lowest BCUT2D eigenvalue weighted by Crippen LogP contribution is -2.34. The molecule has 3 aromatic rings. The Labute approximate surface area is 181 Å². The van der Waals surface area contributed by atoms with Crippen LogP contribution in [-0.2, 0) is 11.3 Å². The summed E-state index contributed by atoms with van der Waals surface area (Å²) in [5.41, 5.74) is 3.78. The first-order chi connectivity index (χ1) is 14.5. The lowest BCUT2D eigenvalue weighted by molar-refractivity contribution is 0.0675. The minimum atomic E-state index is -0.0619. The van der Waals surface area contributed by atoms with E-state index in [1.807, 2.05) is 17.2 Å². The van der Waals surface area contributed by atoms with E-state index in [9.17, 15) is 4.79 Å². The summed E-state index contributed by atoms with van der Waals surface area (Å²) in [6, 6.07) is 8.54. The Morgan fingerprint density at radius 3 is 2.70 bits per heavy atom. The molecule has 0 aliphatic carbocycles. The van der Waals surface area contributed by atoms with Crippen LogP contribution in [0.5, 0.6) is 0 Å². The molecule has 1 saturated heterocycles. The van der Waals surface area contributed by atoms with Gasteiger partial charge in [0.1, 0.15) is 11.5 Å². The van der Waals surface area contributed by atoms with Gasteiger partial charge in [-0.25, -0.2) is 9.97 Å². The highest BCUT2D eigenvalue weighted by Crippen LogP contribution is 2.28. The molecule has 1 aliphatic heterocycles. The van der Waals surface area contributed by atoms with E-state index in [1.54, 1.807) is 7.11 Å². The molecule has 1 fully saturated rings. The summed E-state index contributed by atoms with van der Waals surface area (Å²) in [6.45, 7) is 7.50. The van der Waals surface area contributed by atoms with Gasteiger partial charge in [-0.05, 0) is 44.9 Å². The summed E-state index contributed by atoms with van der Waals surface area (Å²) in [7, 11) is 1.66. The topological polar surface area (TPSA) is 58.6 Å². The zero-order valence-electron chi connectivity index (χ0n) is 17.9. The number of fused-ring (bicyclic) bond motifs is 1. The summed E-state index contributed by atoms with van der Waals surface area (Å²) in [4.78, 5) is 26.8. The molecule has 0 unspecified atom stereocenters. The van der Waals surface area contributed by atoms with Crippen LogP contribution in [0.4, 0.5) is 5.82 Å². The van der Waals surface area contributed by atoms with Crippen LogP contribution in [0.25, 0.3) is 10.9 Å². The standard InChI is InChI=1S/C23H28N4O2S/c1-16-6-7-20-18(12-16)13-19(22(25-20)26-8-4-5-9-26)14-27(10-11-29-3)23(28)21-15-30-17(2)24-21/h6-7,12-13,15H,4-5,8-11,14H2,1-3H3. The third-order valence-corrected chi connectivity index (χ3v) is 6.26. The molecular weight excluding hydrogens is 396 g/mol. The largest absolute Gasteiger partial charge is 0.383 e. The van der Waals surface area contributed by atoms with Gasteiger partial charge in [-0.1, -0.05) is 11.6 Å². The third-order valence-electron chi connectivity index (χ3n) is 5.48. The number of anilines is 1. The fraction of sp³-hybridized carbons (Fsp3) is 0.435. The normalized spacial score (nSPS) is 13.9. The lowest BCUT2D eigenvalue weighted by atomic mass is 10.1. The molecule has 2 aromatic heterocycles. The van der Waals surface area contributed by atoms with Crippen LogP contribution in [0.15, 0.2) is 29.6 Å². The molecular formula is C23H28N4O2S. The number of nitrogens with zero attached hydrogens (tertiary/aromatic N) is 4. The van der Waals surface area contributed by atoms with Crippen LogP contribution >= 0.6 is 11.3 Å². The number of thiazole rings is 1. The summed E-state index contributed by atoms with van der Waals surface area (Å²) >= 11 is 1.50. The lowest BCUT2D eigenvalue weighted by Gasteiger charge is -2.26. The maximum Gasteiger partial charge on any atom is 0.273 e. The quantitative estimate of drug-likeness (QED) is 0.569. The van der Waals surface area contributed by atoms with Crippen molar-refractivity contribution in [2.24, 2.45) is 0 Å². The number of aromatic nitrogens is 2. The zero-order valence-corrected chi connectivity index (χ0v) is 18.7. The molecule has 158 valence electrons.